The number of benzene rings is 6. The molecule has 0 saturated heterocycles. The summed E-state index contributed by atoms with van der Waals surface area (Å²) in [5, 5.41) is 4.42. The van der Waals surface area contributed by atoms with Gasteiger partial charge in [-0.05, 0) is 24.3 Å². The van der Waals surface area contributed by atoms with Crippen LogP contribution in [0.4, 0.5) is 4.39 Å². The standard InChI is InChI=1S/C21H17N2OP.C18H14FOP.C4H5N/c24-25(19-9-3-1-4-10-19,20-11-5-2-6-12-20)21-13-7-8-18(16-21)23-15-14-22-17-23;19-15-8-7-13-18(14-15)21(20,16-9-3-1-4-10-16)17-11-5-2-6-12-17;1-2-4-5-3-1/h1-17H;1-14H;1,3-4H,2H2. The molecular formula is C43H36FN3O2P2. The van der Waals surface area contributed by atoms with Gasteiger partial charge in [0, 0.05) is 68.7 Å². The summed E-state index contributed by atoms with van der Waals surface area (Å²) >= 11 is 0. The number of nitrogens with zero attached hydrogens (tertiary/aromatic N) is 3. The zero-order chi connectivity index (χ0) is 35.4. The third-order valence-corrected chi connectivity index (χ3v) is 14.3. The molecule has 0 fully saturated rings. The van der Waals surface area contributed by atoms with Crippen molar-refractivity contribution in [1.82, 2.24) is 9.55 Å². The van der Waals surface area contributed by atoms with E-state index < -0.39 is 14.3 Å². The second-order valence-electron chi connectivity index (χ2n) is 11.5. The van der Waals surface area contributed by atoms with Gasteiger partial charge in [0.15, 0.2) is 14.3 Å². The monoisotopic (exact) mass is 707 g/mol. The topological polar surface area (TPSA) is 64.3 Å². The van der Waals surface area contributed by atoms with Gasteiger partial charge >= 0.3 is 0 Å². The van der Waals surface area contributed by atoms with Crippen molar-refractivity contribution >= 4 is 52.3 Å². The van der Waals surface area contributed by atoms with Crippen molar-refractivity contribution in [2.24, 2.45) is 4.99 Å². The predicted octanol–water partition coefficient (Wildman–Crippen LogP) is 7.95. The summed E-state index contributed by atoms with van der Waals surface area (Å²) in [6.07, 6.45) is 12.1. The molecule has 0 radical (unpaired) electrons. The minimum atomic E-state index is -3.04. The molecule has 5 nitrogen and oxygen atoms in total. The van der Waals surface area contributed by atoms with Crippen LogP contribution < -0.4 is 31.8 Å². The Bertz CT molecular complexity index is 2200. The maximum absolute atomic E-state index is 14.3. The van der Waals surface area contributed by atoms with E-state index in [1.807, 2.05) is 169 Å². The molecular weight excluding hydrogens is 671 g/mol. The summed E-state index contributed by atoms with van der Waals surface area (Å²) in [6.45, 7) is 0. The van der Waals surface area contributed by atoms with Crippen LogP contribution in [0.1, 0.15) is 6.42 Å². The Morgan fingerprint density at radius 2 is 0.980 bits per heavy atom. The molecule has 0 aliphatic carbocycles. The minimum absolute atomic E-state index is 0.375. The lowest BCUT2D eigenvalue weighted by atomic mass is 10.3. The smallest absolute Gasteiger partial charge is 0.171 e. The highest BCUT2D eigenvalue weighted by atomic mass is 31.2. The minimum Gasteiger partial charge on any atom is -0.309 e. The van der Waals surface area contributed by atoms with Crippen LogP contribution in [-0.4, -0.2) is 15.8 Å². The first-order chi connectivity index (χ1) is 25.0. The number of aliphatic imine (C=N–C) groups is 1. The van der Waals surface area contributed by atoms with Crippen LogP contribution in [0.3, 0.4) is 0 Å². The van der Waals surface area contributed by atoms with Crippen LogP contribution in [0.15, 0.2) is 206 Å². The number of imidazole rings is 1. The average Bonchev–Trinajstić information content (AvgIpc) is 3.98. The zero-order valence-electron chi connectivity index (χ0n) is 27.8. The van der Waals surface area contributed by atoms with Crippen molar-refractivity contribution in [3.05, 3.63) is 207 Å². The van der Waals surface area contributed by atoms with E-state index in [0.29, 0.717) is 15.9 Å². The summed E-state index contributed by atoms with van der Waals surface area (Å²) in [7, 11) is -5.98. The molecule has 0 amide bonds. The first-order valence-corrected chi connectivity index (χ1v) is 19.9. The van der Waals surface area contributed by atoms with Gasteiger partial charge in [-0.3, -0.25) is 4.99 Å². The van der Waals surface area contributed by atoms with Crippen LogP contribution in [0.2, 0.25) is 0 Å². The van der Waals surface area contributed by atoms with Crippen molar-refractivity contribution in [3.63, 3.8) is 0 Å². The lowest BCUT2D eigenvalue weighted by Crippen LogP contribution is -2.25. The van der Waals surface area contributed by atoms with E-state index in [-0.39, 0.29) is 5.82 Å². The molecule has 8 heteroatoms. The number of rotatable bonds is 7. The Morgan fingerprint density at radius 3 is 1.35 bits per heavy atom. The van der Waals surface area contributed by atoms with Gasteiger partial charge in [-0.25, -0.2) is 9.37 Å². The molecule has 1 aliphatic rings. The number of halogens is 1. The molecule has 0 spiro atoms. The van der Waals surface area contributed by atoms with Crippen molar-refractivity contribution in [3.8, 4) is 5.69 Å². The average molecular weight is 708 g/mol. The molecule has 7 aromatic rings. The molecule has 252 valence electrons. The maximum atomic E-state index is 14.3. The lowest BCUT2D eigenvalue weighted by Gasteiger charge is -2.20. The van der Waals surface area contributed by atoms with Gasteiger partial charge in [-0.2, -0.15) is 0 Å². The highest BCUT2D eigenvalue weighted by Crippen LogP contribution is 2.43. The van der Waals surface area contributed by atoms with E-state index in [2.05, 4.69) is 9.98 Å². The Balaban J connectivity index is 0.000000156. The molecule has 0 atom stereocenters. The van der Waals surface area contributed by atoms with E-state index in [1.165, 1.54) is 12.1 Å². The van der Waals surface area contributed by atoms with E-state index in [0.717, 1.165) is 28.0 Å². The third kappa shape index (κ3) is 8.22. The van der Waals surface area contributed by atoms with Gasteiger partial charge in [0.2, 0.25) is 0 Å². The highest BCUT2D eigenvalue weighted by molar-refractivity contribution is 7.85. The normalized spacial score (nSPS) is 11.9. The molecule has 0 bridgehead atoms. The van der Waals surface area contributed by atoms with Crippen LogP contribution in [0, 0.1) is 5.82 Å². The van der Waals surface area contributed by atoms with E-state index in [9.17, 15) is 13.5 Å². The zero-order valence-corrected chi connectivity index (χ0v) is 29.6. The van der Waals surface area contributed by atoms with E-state index >= 15 is 0 Å². The van der Waals surface area contributed by atoms with Gasteiger partial charge in [0.05, 0.1) is 6.33 Å². The molecule has 1 aromatic heterocycles. The quantitative estimate of drug-likeness (QED) is 0.158. The van der Waals surface area contributed by atoms with Gasteiger partial charge in [-0.1, -0.05) is 152 Å². The van der Waals surface area contributed by atoms with Gasteiger partial charge in [0.1, 0.15) is 5.82 Å². The Morgan fingerprint density at radius 1 is 0.529 bits per heavy atom. The molecule has 0 saturated carbocycles. The summed E-state index contributed by atoms with van der Waals surface area (Å²) in [5.74, 6) is -0.375. The fraction of sp³-hybridized carbons (Fsp3) is 0.0233. The van der Waals surface area contributed by atoms with Crippen LogP contribution >= 0.6 is 14.3 Å². The molecule has 0 unspecified atom stereocenters. The van der Waals surface area contributed by atoms with Crippen molar-refractivity contribution in [1.29, 1.82) is 0 Å². The number of hydrogen-bond acceptors (Lipinski definition) is 4. The molecule has 1 aliphatic heterocycles. The first kappa shape index (κ1) is 35.2. The number of hydrogen-bond donors (Lipinski definition) is 0. The van der Waals surface area contributed by atoms with Gasteiger partial charge < -0.3 is 13.7 Å². The second-order valence-corrected chi connectivity index (χ2v) is 17.0. The number of aromatic nitrogens is 2. The summed E-state index contributed by atoms with van der Waals surface area (Å²) < 4.78 is 43.6. The molecule has 8 rings (SSSR count). The maximum Gasteiger partial charge on any atom is 0.171 e. The molecule has 2 heterocycles. The van der Waals surface area contributed by atoms with E-state index in [1.54, 1.807) is 30.9 Å². The third-order valence-electron chi connectivity index (χ3n) is 8.19. The largest absolute Gasteiger partial charge is 0.309 e. The Hall–Kier alpha value is -5.67. The Kier molecular flexibility index (Phi) is 11.6. The van der Waals surface area contributed by atoms with Crippen molar-refractivity contribution in [2.45, 2.75) is 6.42 Å². The SMILES string of the molecule is C1=CN=CC1.O=P(c1ccccc1)(c1ccccc1)c1cccc(-n2ccnc2)c1.O=P(c1ccccc1)(c1ccccc1)c1cccc(F)c1. The molecule has 51 heavy (non-hydrogen) atoms. The molecule has 6 aromatic carbocycles. The summed E-state index contributed by atoms with van der Waals surface area (Å²) in [5.41, 5.74) is 0.946. The summed E-state index contributed by atoms with van der Waals surface area (Å²) in [6, 6.07) is 51.8. The second kappa shape index (κ2) is 16.8. The van der Waals surface area contributed by atoms with Gasteiger partial charge in [-0.15, -0.1) is 0 Å². The van der Waals surface area contributed by atoms with Crippen LogP contribution in [-0.2, 0) is 9.13 Å². The van der Waals surface area contributed by atoms with Gasteiger partial charge in [0.25, 0.3) is 0 Å². The lowest BCUT2D eigenvalue weighted by molar-refractivity contribution is 0.591. The first-order valence-electron chi connectivity index (χ1n) is 16.4. The van der Waals surface area contributed by atoms with E-state index in [4.69, 9.17) is 0 Å². The fourth-order valence-corrected chi connectivity index (χ4v) is 11.1. The van der Waals surface area contributed by atoms with Crippen LogP contribution in [0.25, 0.3) is 5.69 Å². The van der Waals surface area contributed by atoms with Crippen molar-refractivity contribution in [2.75, 3.05) is 0 Å². The molecule has 0 N–H and O–H groups in total. The predicted molar refractivity (Wildman–Crippen MR) is 211 cm³/mol. The fourth-order valence-electron chi connectivity index (χ4n) is 5.68. The number of allylic oxidation sites excluding steroid dienone is 1. The van der Waals surface area contributed by atoms with Crippen LogP contribution in [0.5, 0.6) is 0 Å². The summed E-state index contributed by atoms with van der Waals surface area (Å²) in [4.78, 5) is 7.88. The highest BCUT2D eigenvalue weighted by Gasteiger charge is 2.30. The Labute approximate surface area is 298 Å². The van der Waals surface area contributed by atoms with Crippen molar-refractivity contribution < 1.29 is 13.5 Å².